The molecule has 0 aliphatic heterocycles. The van der Waals surface area contributed by atoms with Gasteiger partial charge in [0.25, 0.3) is 0 Å². The van der Waals surface area contributed by atoms with E-state index >= 15 is 0 Å². The van der Waals surface area contributed by atoms with E-state index in [1.54, 1.807) is 18.1 Å². The first-order chi connectivity index (χ1) is 9.65. The Balaban J connectivity index is 1.75. The zero-order valence-corrected chi connectivity index (χ0v) is 11.1. The van der Waals surface area contributed by atoms with E-state index in [0.29, 0.717) is 5.82 Å². The van der Waals surface area contributed by atoms with Crippen molar-refractivity contribution in [1.82, 2.24) is 30.3 Å². The maximum Gasteiger partial charge on any atom is 0.340 e. The van der Waals surface area contributed by atoms with Gasteiger partial charge in [0.05, 0.1) is 24.4 Å². The number of carbonyl (C=O) groups excluding carboxylic acids is 1. The number of likely N-dealkylation sites (N-methyl/N-ethyl adjacent to an activating group) is 1. The van der Waals surface area contributed by atoms with Crippen molar-refractivity contribution in [2.45, 2.75) is 31.7 Å². The summed E-state index contributed by atoms with van der Waals surface area (Å²) < 4.78 is 0. The fraction of sp³-hybridized carbons (Fsp3) is 0.500. The number of H-pyrrole nitrogens is 3. The highest BCUT2D eigenvalue weighted by Gasteiger charge is 2.30. The summed E-state index contributed by atoms with van der Waals surface area (Å²) >= 11 is 0. The van der Waals surface area contributed by atoms with Crippen LogP contribution in [0.25, 0.3) is 0 Å². The van der Waals surface area contributed by atoms with Crippen LogP contribution in [-0.4, -0.2) is 43.2 Å². The van der Waals surface area contributed by atoms with Crippen molar-refractivity contribution < 1.29 is 4.79 Å². The normalized spacial score (nSPS) is 17.8. The number of nitrogens with zero attached hydrogens (tertiary/aromatic N) is 3. The second-order valence-electron chi connectivity index (χ2n) is 5.07. The molecule has 20 heavy (non-hydrogen) atoms. The highest BCUT2D eigenvalue weighted by molar-refractivity contribution is 5.83. The lowest BCUT2D eigenvalue weighted by Crippen LogP contribution is -2.33. The molecule has 8 heteroatoms. The lowest BCUT2D eigenvalue weighted by Gasteiger charge is -2.25. The van der Waals surface area contributed by atoms with Crippen LogP contribution in [0.3, 0.4) is 0 Å². The average molecular weight is 276 g/mol. The molecule has 0 bridgehead atoms. The number of hydrogen-bond acceptors (Lipinski definition) is 4. The molecule has 0 saturated heterocycles. The molecule has 2 heterocycles. The SMILES string of the molecule is CN(Cc1n[nH]c(=O)[nH]1)C(=O)C1CCCc2cn[nH]c21. The van der Waals surface area contributed by atoms with Gasteiger partial charge in [-0.3, -0.25) is 14.9 Å². The first kappa shape index (κ1) is 12.6. The molecule has 2 aromatic rings. The maximum atomic E-state index is 12.5. The van der Waals surface area contributed by atoms with Crippen molar-refractivity contribution in [1.29, 1.82) is 0 Å². The predicted octanol–water partition coefficient (Wildman–Crippen LogP) is -0.100. The predicted molar refractivity (Wildman–Crippen MR) is 69.9 cm³/mol. The van der Waals surface area contributed by atoms with Gasteiger partial charge in [-0.1, -0.05) is 0 Å². The minimum Gasteiger partial charge on any atom is -0.338 e. The third-order valence-corrected chi connectivity index (χ3v) is 3.65. The van der Waals surface area contributed by atoms with Gasteiger partial charge in [0.1, 0.15) is 0 Å². The smallest absolute Gasteiger partial charge is 0.338 e. The Labute approximate surface area is 114 Å². The van der Waals surface area contributed by atoms with Crippen molar-refractivity contribution in [3.05, 3.63) is 33.8 Å². The zero-order valence-electron chi connectivity index (χ0n) is 11.1. The molecule has 0 spiro atoms. The van der Waals surface area contributed by atoms with Gasteiger partial charge in [0.2, 0.25) is 5.91 Å². The van der Waals surface area contributed by atoms with Gasteiger partial charge >= 0.3 is 5.69 Å². The highest BCUT2D eigenvalue weighted by atomic mass is 16.2. The van der Waals surface area contributed by atoms with E-state index in [9.17, 15) is 9.59 Å². The second kappa shape index (κ2) is 4.95. The van der Waals surface area contributed by atoms with E-state index in [1.807, 2.05) is 0 Å². The topological polar surface area (TPSA) is 111 Å². The maximum absolute atomic E-state index is 12.5. The molecule has 0 fully saturated rings. The van der Waals surface area contributed by atoms with E-state index in [2.05, 4.69) is 25.4 Å². The third-order valence-electron chi connectivity index (χ3n) is 3.65. The van der Waals surface area contributed by atoms with Crippen LogP contribution in [0.1, 0.15) is 35.8 Å². The van der Waals surface area contributed by atoms with Crippen LogP contribution in [-0.2, 0) is 17.8 Å². The van der Waals surface area contributed by atoms with Gasteiger partial charge in [-0.25, -0.2) is 9.89 Å². The molecule has 106 valence electrons. The van der Waals surface area contributed by atoms with Crippen molar-refractivity contribution in [3.63, 3.8) is 0 Å². The van der Waals surface area contributed by atoms with Gasteiger partial charge in [-0.15, -0.1) is 0 Å². The summed E-state index contributed by atoms with van der Waals surface area (Å²) in [6.07, 6.45) is 4.55. The van der Waals surface area contributed by atoms with E-state index < -0.39 is 0 Å². The molecule has 1 amide bonds. The number of hydrogen-bond donors (Lipinski definition) is 3. The van der Waals surface area contributed by atoms with Gasteiger partial charge < -0.3 is 4.90 Å². The Morgan fingerprint density at radius 1 is 1.50 bits per heavy atom. The lowest BCUT2D eigenvalue weighted by molar-refractivity contribution is -0.132. The number of aryl methyl sites for hydroxylation is 1. The summed E-state index contributed by atoms with van der Waals surface area (Å²) in [6, 6.07) is 0. The van der Waals surface area contributed by atoms with Crippen LogP contribution in [0.5, 0.6) is 0 Å². The molecule has 3 rings (SSSR count). The van der Waals surface area contributed by atoms with Crippen LogP contribution in [0.4, 0.5) is 0 Å². The largest absolute Gasteiger partial charge is 0.340 e. The Hall–Kier alpha value is -2.38. The number of rotatable bonds is 3. The molecule has 8 nitrogen and oxygen atoms in total. The Bertz CT molecular complexity index is 669. The van der Waals surface area contributed by atoms with Crippen molar-refractivity contribution >= 4 is 5.91 Å². The summed E-state index contributed by atoms with van der Waals surface area (Å²) in [4.78, 5) is 27.6. The number of carbonyl (C=O) groups is 1. The molecule has 0 saturated carbocycles. The molecule has 1 aliphatic rings. The number of aromatic amines is 3. The third kappa shape index (κ3) is 2.24. The van der Waals surface area contributed by atoms with Crippen LogP contribution in [0.2, 0.25) is 0 Å². The summed E-state index contributed by atoms with van der Waals surface area (Å²) in [5.74, 6) is 0.280. The Kier molecular flexibility index (Phi) is 3.13. The van der Waals surface area contributed by atoms with Gasteiger partial charge in [0, 0.05) is 7.05 Å². The first-order valence-electron chi connectivity index (χ1n) is 6.56. The number of nitrogens with one attached hydrogen (secondary N) is 3. The summed E-state index contributed by atoms with van der Waals surface area (Å²) in [5.41, 5.74) is 1.68. The number of aromatic nitrogens is 5. The van der Waals surface area contributed by atoms with Crippen molar-refractivity contribution in [2.24, 2.45) is 0 Å². The van der Waals surface area contributed by atoms with E-state index in [0.717, 1.165) is 30.5 Å². The standard InChI is InChI=1S/C12H16N6O2/c1-18(6-9-14-12(20)17-15-9)11(19)8-4-2-3-7-5-13-16-10(7)8/h5,8H,2-4,6H2,1H3,(H,13,16)(H2,14,15,17,20). The number of amides is 1. The molecule has 3 N–H and O–H groups in total. The number of fused-ring (bicyclic) bond motifs is 1. The molecule has 1 aliphatic carbocycles. The molecule has 2 aromatic heterocycles. The molecule has 1 unspecified atom stereocenters. The van der Waals surface area contributed by atoms with Crippen molar-refractivity contribution in [2.75, 3.05) is 7.05 Å². The van der Waals surface area contributed by atoms with Gasteiger partial charge in [0.15, 0.2) is 5.82 Å². The average Bonchev–Trinajstić information content (AvgIpc) is 3.06. The minimum atomic E-state index is -0.366. The Morgan fingerprint density at radius 2 is 2.35 bits per heavy atom. The van der Waals surface area contributed by atoms with E-state index in [-0.39, 0.29) is 24.1 Å². The monoisotopic (exact) mass is 276 g/mol. The minimum absolute atomic E-state index is 0.0130. The summed E-state index contributed by atoms with van der Waals surface area (Å²) in [7, 11) is 1.71. The zero-order chi connectivity index (χ0) is 14.1. The van der Waals surface area contributed by atoms with Gasteiger partial charge in [-0.2, -0.15) is 10.2 Å². The van der Waals surface area contributed by atoms with Crippen molar-refractivity contribution in [3.8, 4) is 0 Å². The van der Waals surface area contributed by atoms with E-state index in [1.165, 1.54) is 0 Å². The Morgan fingerprint density at radius 3 is 3.10 bits per heavy atom. The first-order valence-corrected chi connectivity index (χ1v) is 6.56. The second-order valence-corrected chi connectivity index (χ2v) is 5.07. The van der Waals surface area contributed by atoms with Crippen LogP contribution < -0.4 is 5.69 Å². The molecular weight excluding hydrogens is 260 g/mol. The molecular formula is C12H16N6O2. The highest BCUT2D eigenvalue weighted by Crippen LogP contribution is 2.31. The van der Waals surface area contributed by atoms with Crippen LogP contribution >= 0.6 is 0 Å². The lowest BCUT2D eigenvalue weighted by atomic mass is 9.87. The molecule has 0 aromatic carbocycles. The summed E-state index contributed by atoms with van der Waals surface area (Å²) in [6.45, 7) is 0.275. The molecule has 0 radical (unpaired) electrons. The quantitative estimate of drug-likeness (QED) is 0.727. The van der Waals surface area contributed by atoms with Crippen LogP contribution in [0.15, 0.2) is 11.0 Å². The van der Waals surface area contributed by atoms with Gasteiger partial charge in [-0.05, 0) is 24.8 Å². The van der Waals surface area contributed by atoms with Crippen LogP contribution in [0, 0.1) is 0 Å². The fourth-order valence-electron chi connectivity index (χ4n) is 2.66. The molecule has 1 atom stereocenters. The van der Waals surface area contributed by atoms with E-state index in [4.69, 9.17) is 0 Å². The summed E-state index contributed by atoms with van der Waals surface area (Å²) in [5, 5.41) is 13.1. The fourth-order valence-corrected chi connectivity index (χ4v) is 2.66.